The van der Waals surface area contributed by atoms with Crippen LogP contribution in [0.1, 0.15) is 22.3 Å². The molecule has 0 aliphatic carbocycles. The SMILES string of the molecule is c1ccc(-c2ccc(N(c3ccc(-c4ccccc4)cc3)c3ccc(-c4ccc5c(c4)c4cccc6c4n5-c4cocc4C6(c4ccccc4)c4ccccc4)cc3)cc2)cc1. The molecule has 0 N–H and O–H groups in total. The average Bonchev–Trinajstić information content (AvgIpc) is 3.98. The van der Waals surface area contributed by atoms with Crippen molar-refractivity contribution < 1.29 is 4.42 Å². The van der Waals surface area contributed by atoms with E-state index >= 15 is 0 Å². The molecule has 1 aliphatic heterocycles. The van der Waals surface area contributed by atoms with Crippen LogP contribution < -0.4 is 4.90 Å². The molecule has 0 amide bonds. The van der Waals surface area contributed by atoms with Crippen molar-refractivity contribution in [1.82, 2.24) is 4.57 Å². The molecule has 11 aromatic rings. The monoisotopic (exact) mass is 792 g/mol. The second-order valence-corrected chi connectivity index (χ2v) is 16.1. The zero-order valence-electron chi connectivity index (χ0n) is 33.9. The van der Waals surface area contributed by atoms with Crippen molar-refractivity contribution in [3.63, 3.8) is 0 Å². The number of fused-ring (bicyclic) bond motifs is 5. The molecule has 12 rings (SSSR count). The topological polar surface area (TPSA) is 21.3 Å². The van der Waals surface area contributed by atoms with Crippen molar-refractivity contribution >= 4 is 38.9 Å². The first kappa shape index (κ1) is 35.8. The predicted molar refractivity (Wildman–Crippen MR) is 256 cm³/mol. The summed E-state index contributed by atoms with van der Waals surface area (Å²) < 4.78 is 8.58. The predicted octanol–water partition coefficient (Wildman–Crippen LogP) is 15.5. The molecule has 0 saturated carbocycles. The Morgan fingerprint density at radius 3 is 1.32 bits per heavy atom. The van der Waals surface area contributed by atoms with Crippen LogP contribution in [0.15, 0.2) is 247 Å². The van der Waals surface area contributed by atoms with Gasteiger partial charge in [0.2, 0.25) is 0 Å². The van der Waals surface area contributed by atoms with Gasteiger partial charge in [-0.25, -0.2) is 0 Å². The number of aromatic nitrogens is 1. The third-order valence-electron chi connectivity index (χ3n) is 12.8. The Morgan fingerprint density at radius 2 is 0.806 bits per heavy atom. The Bertz CT molecular complexity index is 3230. The van der Waals surface area contributed by atoms with Crippen LogP contribution in [0.5, 0.6) is 0 Å². The average molecular weight is 793 g/mol. The van der Waals surface area contributed by atoms with Crippen LogP contribution in [-0.4, -0.2) is 4.57 Å². The van der Waals surface area contributed by atoms with E-state index in [4.69, 9.17) is 4.42 Å². The van der Waals surface area contributed by atoms with E-state index in [1.807, 2.05) is 12.5 Å². The summed E-state index contributed by atoms with van der Waals surface area (Å²) in [5, 5.41) is 2.44. The minimum atomic E-state index is -0.553. The van der Waals surface area contributed by atoms with E-state index in [1.54, 1.807) is 0 Å². The molecular weight excluding hydrogens is 753 g/mol. The highest BCUT2D eigenvalue weighted by atomic mass is 16.3. The van der Waals surface area contributed by atoms with E-state index in [2.05, 4.69) is 240 Å². The Kier molecular flexibility index (Phi) is 8.39. The molecule has 0 saturated heterocycles. The summed E-state index contributed by atoms with van der Waals surface area (Å²) in [4.78, 5) is 2.34. The molecule has 0 radical (unpaired) electrons. The lowest BCUT2D eigenvalue weighted by Gasteiger charge is -2.39. The van der Waals surface area contributed by atoms with Gasteiger partial charge in [0.25, 0.3) is 0 Å². The molecule has 0 spiro atoms. The number of anilines is 3. The van der Waals surface area contributed by atoms with Crippen LogP contribution in [0.2, 0.25) is 0 Å². The normalized spacial score (nSPS) is 12.6. The maximum atomic E-state index is 6.16. The summed E-state index contributed by atoms with van der Waals surface area (Å²) in [5.41, 5.74) is 18.1. The van der Waals surface area contributed by atoms with E-state index in [1.165, 1.54) is 60.8 Å². The summed E-state index contributed by atoms with van der Waals surface area (Å²) >= 11 is 0. The van der Waals surface area contributed by atoms with Gasteiger partial charge in [-0.1, -0.05) is 182 Å². The third-order valence-corrected chi connectivity index (χ3v) is 12.8. The van der Waals surface area contributed by atoms with Crippen molar-refractivity contribution in [2.45, 2.75) is 5.41 Å². The van der Waals surface area contributed by atoms with Crippen molar-refractivity contribution in [3.8, 4) is 39.1 Å². The van der Waals surface area contributed by atoms with E-state index in [-0.39, 0.29) is 0 Å². The molecule has 2 aromatic heterocycles. The zero-order chi connectivity index (χ0) is 41.0. The van der Waals surface area contributed by atoms with Gasteiger partial charge in [-0.15, -0.1) is 0 Å². The van der Waals surface area contributed by atoms with Crippen LogP contribution in [0, 0.1) is 0 Å². The van der Waals surface area contributed by atoms with Crippen molar-refractivity contribution in [1.29, 1.82) is 0 Å². The van der Waals surface area contributed by atoms with Crippen LogP contribution in [0.4, 0.5) is 17.1 Å². The molecule has 292 valence electrons. The maximum Gasteiger partial charge on any atom is 0.115 e. The number of furan rings is 1. The van der Waals surface area contributed by atoms with Crippen LogP contribution in [-0.2, 0) is 5.41 Å². The zero-order valence-corrected chi connectivity index (χ0v) is 33.9. The largest absolute Gasteiger partial charge is 0.470 e. The van der Waals surface area contributed by atoms with Gasteiger partial charge in [-0.05, 0) is 98.6 Å². The Morgan fingerprint density at radius 1 is 0.355 bits per heavy atom. The summed E-state index contributed by atoms with van der Waals surface area (Å²) in [7, 11) is 0. The molecular formula is C59H40N2O. The fourth-order valence-electron chi connectivity index (χ4n) is 9.97. The van der Waals surface area contributed by atoms with Gasteiger partial charge < -0.3 is 13.9 Å². The molecule has 1 aliphatic rings. The number of hydrogen-bond donors (Lipinski definition) is 0. The molecule has 0 unspecified atom stereocenters. The second kappa shape index (κ2) is 14.5. The van der Waals surface area contributed by atoms with E-state index in [9.17, 15) is 0 Å². The van der Waals surface area contributed by atoms with E-state index in [0.717, 1.165) is 39.4 Å². The number of nitrogens with zero attached hydrogens (tertiary/aromatic N) is 2. The van der Waals surface area contributed by atoms with Gasteiger partial charge in [-0.2, -0.15) is 0 Å². The quantitative estimate of drug-likeness (QED) is 0.153. The molecule has 3 nitrogen and oxygen atoms in total. The van der Waals surface area contributed by atoms with Crippen LogP contribution in [0.25, 0.3) is 60.9 Å². The van der Waals surface area contributed by atoms with Crippen molar-refractivity contribution in [3.05, 3.63) is 265 Å². The van der Waals surface area contributed by atoms with E-state index < -0.39 is 5.41 Å². The second-order valence-electron chi connectivity index (χ2n) is 16.1. The minimum absolute atomic E-state index is 0.553. The van der Waals surface area contributed by atoms with Gasteiger partial charge in [0.1, 0.15) is 6.26 Å². The third kappa shape index (κ3) is 5.59. The smallest absolute Gasteiger partial charge is 0.115 e. The molecule has 0 fully saturated rings. The van der Waals surface area contributed by atoms with Gasteiger partial charge >= 0.3 is 0 Å². The van der Waals surface area contributed by atoms with Crippen molar-refractivity contribution in [2.75, 3.05) is 4.90 Å². The molecule has 0 bridgehead atoms. The molecule has 9 aromatic carbocycles. The number of rotatable bonds is 8. The lowest BCUT2D eigenvalue weighted by atomic mass is 9.64. The number of benzene rings is 9. The lowest BCUT2D eigenvalue weighted by Crippen LogP contribution is -2.34. The van der Waals surface area contributed by atoms with E-state index in [0.29, 0.717) is 0 Å². The van der Waals surface area contributed by atoms with Gasteiger partial charge in [-0.3, -0.25) is 0 Å². The molecule has 3 heteroatoms. The maximum absolute atomic E-state index is 6.16. The summed E-state index contributed by atoms with van der Waals surface area (Å²) in [6.45, 7) is 0. The fourth-order valence-corrected chi connectivity index (χ4v) is 9.97. The Hall–Kier alpha value is -8.14. The number of para-hydroxylation sites is 1. The fraction of sp³-hybridized carbons (Fsp3) is 0.0169. The molecule has 0 atom stereocenters. The van der Waals surface area contributed by atoms with Crippen LogP contribution in [0.3, 0.4) is 0 Å². The molecule has 62 heavy (non-hydrogen) atoms. The highest BCUT2D eigenvalue weighted by molar-refractivity contribution is 6.13. The standard InChI is InChI=1S/C59H40N2O/c1-5-14-41(15-6-1)43-24-31-49(32-25-43)60(50-33-26-44(27-34-50)42-16-7-2-8-17-42)51-35-28-45(29-36-51)46-30-37-56-53(38-46)52-22-13-23-54-58(52)61(56)57-40-62-39-55(57)59(54,47-18-9-3-10-19-47)48-20-11-4-12-21-48/h1-40H. The van der Waals surface area contributed by atoms with Crippen molar-refractivity contribution in [2.24, 2.45) is 0 Å². The Labute approximate surface area is 361 Å². The number of hydrogen-bond acceptors (Lipinski definition) is 2. The van der Waals surface area contributed by atoms with Gasteiger partial charge in [0.15, 0.2) is 0 Å². The minimum Gasteiger partial charge on any atom is -0.470 e. The highest BCUT2D eigenvalue weighted by Gasteiger charge is 2.46. The van der Waals surface area contributed by atoms with Gasteiger partial charge in [0.05, 0.1) is 28.4 Å². The first-order valence-electron chi connectivity index (χ1n) is 21.2. The van der Waals surface area contributed by atoms with Crippen LogP contribution >= 0.6 is 0 Å². The summed E-state index contributed by atoms with van der Waals surface area (Å²) in [5.74, 6) is 0. The van der Waals surface area contributed by atoms with Gasteiger partial charge in [0, 0.05) is 33.4 Å². The lowest BCUT2D eigenvalue weighted by molar-refractivity contribution is 0.558. The first-order chi connectivity index (χ1) is 30.8. The molecule has 3 heterocycles. The summed E-state index contributed by atoms with van der Waals surface area (Å²) in [6.07, 6.45) is 3.88. The first-order valence-corrected chi connectivity index (χ1v) is 21.2. The Balaban J connectivity index is 0.968. The summed E-state index contributed by atoms with van der Waals surface area (Å²) in [6, 6.07) is 83.4. The highest BCUT2D eigenvalue weighted by Crippen LogP contribution is 2.54.